The van der Waals surface area contributed by atoms with Gasteiger partial charge in [0.2, 0.25) is 0 Å². The average molecular weight is 402 g/mol. The first-order valence-electron chi connectivity index (χ1n) is 10.2. The lowest BCUT2D eigenvalue weighted by atomic mass is 9.87. The number of benzene rings is 1. The van der Waals surface area contributed by atoms with Crippen molar-refractivity contribution in [2.24, 2.45) is 0 Å². The van der Waals surface area contributed by atoms with Gasteiger partial charge in [-0.25, -0.2) is 0 Å². The Bertz CT molecular complexity index is 777. The largest absolute Gasteiger partial charge is 0.379 e. The van der Waals surface area contributed by atoms with E-state index in [9.17, 15) is 0 Å². The number of hydrogen-bond donors (Lipinski definition) is 0. The van der Waals surface area contributed by atoms with Gasteiger partial charge in [0, 0.05) is 25.2 Å². The number of fused-ring (bicyclic) bond motifs is 1. The van der Waals surface area contributed by atoms with Crippen LogP contribution in [0.2, 0.25) is 0 Å². The Morgan fingerprint density at radius 1 is 1.00 bits per heavy atom. The normalized spacial score (nSPS) is 19.0. The number of aromatic nitrogens is 3. The lowest BCUT2D eigenvalue weighted by Gasteiger charge is -2.30. The van der Waals surface area contributed by atoms with Gasteiger partial charge in [0.1, 0.15) is 0 Å². The minimum atomic E-state index is 0.163. The maximum absolute atomic E-state index is 5.43. The fourth-order valence-electron chi connectivity index (χ4n) is 3.72. The summed E-state index contributed by atoms with van der Waals surface area (Å²) in [5, 5.41) is 9.94. The molecule has 0 bridgehead atoms. The number of morpholine rings is 1. The van der Waals surface area contributed by atoms with E-state index in [4.69, 9.17) is 4.74 Å². The van der Waals surface area contributed by atoms with Crippen LogP contribution in [0.1, 0.15) is 32.8 Å². The van der Waals surface area contributed by atoms with Crippen molar-refractivity contribution in [2.75, 3.05) is 45.3 Å². The van der Waals surface area contributed by atoms with Gasteiger partial charge in [0.15, 0.2) is 11.0 Å². The van der Waals surface area contributed by atoms with E-state index in [1.807, 2.05) is 0 Å². The molecule has 0 spiro atoms. The van der Waals surface area contributed by atoms with Crippen molar-refractivity contribution in [3.05, 3.63) is 29.8 Å². The van der Waals surface area contributed by atoms with Crippen LogP contribution in [-0.2, 0) is 16.8 Å². The van der Waals surface area contributed by atoms with E-state index in [1.165, 1.54) is 12.0 Å². The van der Waals surface area contributed by atoms with Crippen LogP contribution in [0.15, 0.2) is 29.4 Å². The zero-order valence-corrected chi connectivity index (χ0v) is 18.0. The summed E-state index contributed by atoms with van der Waals surface area (Å²) in [6, 6.07) is 8.79. The van der Waals surface area contributed by atoms with Crippen molar-refractivity contribution in [2.45, 2.75) is 44.4 Å². The van der Waals surface area contributed by atoms with Crippen LogP contribution in [0.3, 0.4) is 0 Å². The van der Waals surface area contributed by atoms with Crippen LogP contribution in [0, 0.1) is 0 Å². The summed E-state index contributed by atoms with van der Waals surface area (Å²) in [7, 11) is 0. The molecule has 2 aromatic rings. The van der Waals surface area contributed by atoms with Crippen LogP contribution in [0.25, 0.3) is 11.4 Å². The molecule has 0 N–H and O–H groups in total. The SMILES string of the molecule is CC(C)(C)c1ccc(-c2nnc3n2CN(CCCN2CCOCC2)CS3)cc1. The Balaban J connectivity index is 1.39. The molecule has 1 aromatic carbocycles. The third kappa shape index (κ3) is 4.59. The molecule has 7 heteroatoms. The van der Waals surface area contributed by atoms with Crippen LogP contribution in [0.4, 0.5) is 0 Å². The quantitative estimate of drug-likeness (QED) is 0.766. The number of ether oxygens (including phenoxy) is 1. The molecule has 152 valence electrons. The Morgan fingerprint density at radius 2 is 1.71 bits per heavy atom. The maximum Gasteiger partial charge on any atom is 0.193 e. The van der Waals surface area contributed by atoms with Gasteiger partial charge in [-0.2, -0.15) is 0 Å². The molecule has 2 aliphatic heterocycles. The lowest BCUT2D eigenvalue weighted by Crippen LogP contribution is -2.38. The molecular formula is C21H31N5OS. The molecule has 1 fully saturated rings. The van der Waals surface area contributed by atoms with Gasteiger partial charge in [0.25, 0.3) is 0 Å². The molecule has 0 saturated carbocycles. The lowest BCUT2D eigenvalue weighted by molar-refractivity contribution is 0.0359. The van der Waals surface area contributed by atoms with Gasteiger partial charge in [-0.3, -0.25) is 14.4 Å². The fraction of sp³-hybridized carbons (Fsp3) is 0.619. The van der Waals surface area contributed by atoms with E-state index in [2.05, 4.69) is 69.6 Å². The zero-order chi connectivity index (χ0) is 19.6. The van der Waals surface area contributed by atoms with Crippen LogP contribution < -0.4 is 0 Å². The van der Waals surface area contributed by atoms with E-state index in [0.717, 1.165) is 68.5 Å². The van der Waals surface area contributed by atoms with E-state index >= 15 is 0 Å². The highest BCUT2D eigenvalue weighted by molar-refractivity contribution is 7.99. The number of hydrogen-bond acceptors (Lipinski definition) is 6. The molecular weight excluding hydrogens is 370 g/mol. The van der Waals surface area contributed by atoms with Crippen molar-refractivity contribution in [1.29, 1.82) is 0 Å². The highest BCUT2D eigenvalue weighted by Gasteiger charge is 2.23. The van der Waals surface area contributed by atoms with E-state index in [0.29, 0.717) is 0 Å². The molecule has 3 heterocycles. The molecule has 28 heavy (non-hydrogen) atoms. The molecule has 0 radical (unpaired) electrons. The second kappa shape index (κ2) is 8.53. The Kier molecular flexibility index (Phi) is 6.06. The standard InChI is InChI=1S/C21H31N5OS/c1-21(2,3)18-7-5-17(6-8-18)19-22-23-20-26(19)15-25(16-28-20)10-4-9-24-11-13-27-14-12-24/h5-8H,4,9-16H2,1-3H3. The summed E-state index contributed by atoms with van der Waals surface area (Å²) in [6.07, 6.45) is 1.19. The second-order valence-electron chi connectivity index (χ2n) is 8.68. The summed E-state index contributed by atoms with van der Waals surface area (Å²) < 4.78 is 7.69. The van der Waals surface area contributed by atoms with Crippen molar-refractivity contribution in [3.63, 3.8) is 0 Å². The van der Waals surface area contributed by atoms with Crippen molar-refractivity contribution >= 4 is 11.8 Å². The van der Waals surface area contributed by atoms with Crippen LogP contribution >= 0.6 is 11.8 Å². The van der Waals surface area contributed by atoms with E-state index in [1.54, 1.807) is 11.8 Å². The summed E-state index contributed by atoms with van der Waals surface area (Å²) in [6.45, 7) is 13.7. The minimum Gasteiger partial charge on any atom is -0.379 e. The predicted octanol–water partition coefficient (Wildman–Crippen LogP) is 3.29. The first kappa shape index (κ1) is 19.9. The minimum absolute atomic E-state index is 0.163. The first-order chi connectivity index (χ1) is 13.5. The molecule has 4 rings (SSSR count). The molecule has 0 aliphatic carbocycles. The topological polar surface area (TPSA) is 46.4 Å². The van der Waals surface area contributed by atoms with Crippen molar-refractivity contribution in [1.82, 2.24) is 24.6 Å². The van der Waals surface area contributed by atoms with Gasteiger partial charge < -0.3 is 4.74 Å². The van der Waals surface area contributed by atoms with Gasteiger partial charge in [-0.1, -0.05) is 56.8 Å². The Labute approximate surface area is 172 Å². The third-order valence-electron chi connectivity index (χ3n) is 5.50. The third-order valence-corrected chi connectivity index (χ3v) is 6.55. The van der Waals surface area contributed by atoms with E-state index in [-0.39, 0.29) is 5.41 Å². The van der Waals surface area contributed by atoms with Gasteiger partial charge in [0.05, 0.1) is 25.8 Å². The van der Waals surface area contributed by atoms with Crippen LogP contribution in [0.5, 0.6) is 0 Å². The highest BCUT2D eigenvalue weighted by Crippen LogP contribution is 2.30. The highest BCUT2D eigenvalue weighted by atomic mass is 32.2. The Hall–Kier alpha value is -1.41. The van der Waals surface area contributed by atoms with Crippen molar-refractivity contribution in [3.8, 4) is 11.4 Å². The molecule has 1 saturated heterocycles. The molecule has 6 nitrogen and oxygen atoms in total. The number of nitrogens with zero attached hydrogens (tertiary/aromatic N) is 5. The predicted molar refractivity (Wildman–Crippen MR) is 113 cm³/mol. The summed E-state index contributed by atoms with van der Waals surface area (Å²) >= 11 is 1.79. The molecule has 1 aromatic heterocycles. The molecule has 0 atom stereocenters. The molecule has 2 aliphatic rings. The smallest absolute Gasteiger partial charge is 0.193 e. The monoisotopic (exact) mass is 401 g/mol. The summed E-state index contributed by atoms with van der Waals surface area (Å²) in [4.78, 5) is 5.00. The number of thioether (sulfide) groups is 1. The first-order valence-corrected chi connectivity index (χ1v) is 11.2. The second-order valence-corrected chi connectivity index (χ2v) is 9.59. The summed E-state index contributed by atoms with van der Waals surface area (Å²) in [5.41, 5.74) is 2.65. The fourth-order valence-corrected chi connectivity index (χ4v) is 4.63. The van der Waals surface area contributed by atoms with Gasteiger partial charge >= 0.3 is 0 Å². The van der Waals surface area contributed by atoms with Crippen molar-refractivity contribution < 1.29 is 4.74 Å². The maximum atomic E-state index is 5.43. The number of rotatable bonds is 5. The summed E-state index contributed by atoms with van der Waals surface area (Å²) in [5.74, 6) is 1.96. The van der Waals surface area contributed by atoms with E-state index < -0.39 is 0 Å². The molecule has 0 unspecified atom stereocenters. The van der Waals surface area contributed by atoms with Gasteiger partial charge in [-0.05, 0) is 23.9 Å². The van der Waals surface area contributed by atoms with Crippen LogP contribution in [-0.4, -0.2) is 69.8 Å². The molecule has 0 amide bonds. The Morgan fingerprint density at radius 3 is 2.43 bits per heavy atom. The average Bonchev–Trinajstić information content (AvgIpc) is 3.11. The van der Waals surface area contributed by atoms with Gasteiger partial charge in [-0.15, -0.1) is 10.2 Å². The zero-order valence-electron chi connectivity index (χ0n) is 17.2.